The lowest BCUT2D eigenvalue weighted by Crippen LogP contribution is -2.40. The minimum atomic E-state index is -0.253. The maximum absolute atomic E-state index is 12.9. The van der Waals surface area contributed by atoms with Gasteiger partial charge in [-0.1, -0.05) is 14.9 Å². The Labute approximate surface area is 380 Å². The van der Waals surface area contributed by atoms with E-state index in [4.69, 9.17) is 33.8 Å². The molecule has 0 saturated carbocycles. The number of fused-ring (bicyclic) bond motifs is 2. The number of urea groups is 2. The number of hydrogen-bond donors (Lipinski definition) is 5. The van der Waals surface area contributed by atoms with Crippen molar-refractivity contribution in [3.8, 4) is 22.8 Å². The quantitative estimate of drug-likeness (QED) is 0.126. The Kier molecular flexibility index (Phi) is 16.7. The molecule has 0 aliphatic carbocycles. The van der Waals surface area contributed by atoms with E-state index < -0.39 is 0 Å². The van der Waals surface area contributed by atoms with Crippen molar-refractivity contribution in [2.75, 3.05) is 99.2 Å². The lowest BCUT2D eigenvalue weighted by molar-refractivity contribution is 0.0699. The number of ether oxygens (including phenoxy) is 2. The van der Waals surface area contributed by atoms with Crippen LogP contribution in [0.2, 0.25) is 0 Å². The Morgan fingerprint density at radius 1 is 0.662 bits per heavy atom. The summed E-state index contributed by atoms with van der Waals surface area (Å²) in [5, 5.41) is 14.4. The molecule has 4 aliphatic heterocycles. The van der Waals surface area contributed by atoms with Crippen LogP contribution in [0.1, 0.15) is 61.8 Å². The van der Waals surface area contributed by atoms with Gasteiger partial charge in [0, 0.05) is 86.0 Å². The third kappa shape index (κ3) is 11.7. The van der Waals surface area contributed by atoms with Crippen molar-refractivity contribution in [1.29, 1.82) is 0 Å². The monoisotopic (exact) mass is 891 g/mol. The zero-order valence-electron chi connectivity index (χ0n) is 35.6. The van der Waals surface area contributed by atoms with Gasteiger partial charge in [0.2, 0.25) is 5.76 Å². The van der Waals surface area contributed by atoms with Crippen LogP contribution in [0.15, 0.2) is 65.5 Å². The van der Waals surface area contributed by atoms with Gasteiger partial charge in [0.1, 0.15) is 11.6 Å². The number of aromatic nitrogens is 5. The number of amides is 5. The van der Waals surface area contributed by atoms with Crippen LogP contribution in [0.4, 0.5) is 32.6 Å². The number of oxazole rings is 1. The van der Waals surface area contributed by atoms with Gasteiger partial charge in [-0.2, -0.15) is 0 Å². The Hall–Kier alpha value is -6.70. The summed E-state index contributed by atoms with van der Waals surface area (Å²) < 4.78 is 16.3. The summed E-state index contributed by atoms with van der Waals surface area (Å²) in [4.78, 5) is 66.0. The smallest absolute Gasteiger partial charge is 0.319 e. The SMILES string of the molecule is C.C.CCNC(=O)Nc1ccc(-c2nc3c(c(N4CCOCC4)n2)CCN(C(=O)c2cnco2)C3)cc1.CCNC(=O)Nc1ccc(-c2nc3c(c(N4CCOCC4)n2)CCNC3)cc1. The van der Waals surface area contributed by atoms with E-state index in [1.54, 1.807) is 4.90 Å². The molecule has 0 radical (unpaired) electrons. The molecule has 2 saturated heterocycles. The molecule has 65 heavy (non-hydrogen) atoms. The number of rotatable bonds is 9. The van der Waals surface area contributed by atoms with E-state index in [1.165, 1.54) is 18.2 Å². The summed E-state index contributed by atoms with van der Waals surface area (Å²) in [6.07, 6.45) is 4.28. The van der Waals surface area contributed by atoms with Gasteiger partial charge >= 0.3 is 12.1 Å². The number of anilines is 4. The minimum Gasteiger partial charge on any atom is -0.438 e. The zero-order valence-corrected chi connectivity index (χ0v) is 35.6. The molecule has 5 aromatic rings. The lowest BCUT2D eigenvalue weighted by atomic mass is 10.0. The van der Waals surface area contributed by atoms with E-state index in [0.717, 1.165) is 104 Å². The topological polar surface area (TPSA) is 217 Å². The third-order valence-electron chi connectivity index (χ3n) is 11.0. The molecular formula is C46H61N13O6. The number of nitrogens with zero attached hydrogens (tertiary/aromatic N) is 8. The van der Waals surface area contributed by atoms with Gasteiger partial charge < -0.3 is 55.2 Å². The Balaban J connectivity index is 0.000000214. The normalized spacial score (nSPS) is 15.4. The molecule has 7 heterocycles. The van der Waals surface area contributed by atoms with Gasteiger partial charge in [0.25, 0.3) is 5.91 Å². The molecule has 2 aromatic carbocycles. The highest BCUT2D eigenvalue weighted by Crippen LogP contribution is 2.32. The van der Waals surface area contributed by atoms with Crippen molar-refractivity contribution in [2.24, 2.45) is 0 Å². The fourth-order valence-corrected chi connectivity index (χ4v) is 7.81. The second-order valence-corrected chi connectivity index (χ2v) is 15.2. The fraction of sp³-hybridized carbons (Fsp3) is 0.435. The lowest BCUT2D eigenvalue weighted by Gasteiger charge is -2.34. The number of carbonyl (C=O) groups excluding carboxylic acids is 3. The highest BCUT2D eigenvalue weighted by molar-refractivity contribution is 5.91. The Morgan fingerprint density at radius 3 is 1.66 bits per heavy atom. The van der Waals surface area contributed by atoms with Gasteiger partial charge in [0.15, 0.2) is 18.0 Å². The average Bonchev–Trinajstić information content (AvgIpc) is 3.87. The molecule has 19 nitrogen and oxygen atoms in total. The van der Waals surface area contributed by atoms with Crippen LogP contribution < -0.4 is 36.4 Å². The number of nitrogens with one attached hydrogen (secondary N) is 5. The summed E-state index contributed by atoms with van der Waals surface area (Å²) in [5.41, 5.74) is 7.37. The van der Waals surface area contributed by atoms with Crippen LogP contribution in [-0.4, -0.2) is 127 Å². The molecule has 0 bridgehead atoms. The predicted molar refractivity (Wildman–Crippen MR) is 250 cm³/mol. The van der Waals surface area contributed by atoms with Gasteiger partial charge in [-0.05, 0) is 81.8 Å². The summed E-state index contributed by atoms with van der Waals surface area (Å²) in [6.45, 7) is 13.5. The summed E-state index contributed by atoms with van der Waals surface area (Å²) >= 11 is 0. The summed E-state index contributed by atoms with van der Waals surface area (Å²) in [5.74, 6) is 3.23. The molecular weight excluding hydrogens is 831 g/mol. The number of carbonyl (C=O) groups is 3. The van der Waals surface area contributed by atoms with E-state index in [9.17, 15) is 14.4 Å². The molecule has 4 aliphatic rings. The standard InChI is InChI=1S/C24H27N7O4.C20H26N6O2.2CH4/c1-2-26-24(33)27-17-5-3-16(4-6-17)21-28-19-14-31(23(32)20-13-25-15-35-20)8-7-18(19)22(29-21)30-9-11-34-12-10-30;1-2-22-20(27)23-15-5-3-14(4-6-15)18-24-17-13-21-8-7-16(17)19(25-18)26-9-11-28-12-10-26;;/h3-6,13,15H,2,7-12,14H2,1H3,(H2,26,27,33);3-6,21H,2,7-13H2,1H3,(H2,22,23,27);2*1H4. The van der Waals surface area contributed by atoms with Gasteiger partial charge in [0.05, 0.1) is 50.6 Å². The molecule has 346 valence electrons. The van der Waals surface area contributed by atoms with Crippen LogP contribution in [0.25, 0.3) is 22.8 Å². The van der Waals surface area contributed by atoms with Crippen LogP contribution in [0.3, 0.4) is 0 Å². The molecule has 0 atom stereocenters. The first-order chi connectivity index (χ1) is 30.9. The van der Waals surface area contributed by atoms with E-state index in [0.29, 0.717) is 63.1 Å². The van der Waals surface area contributed by atoms with E-state index in [-0.39, 0.29) is 38.6 Å². The molecule has 9 rings (SSSR count). The maximum Gasteiger partial charge on any atom is 0.319 e. The number of hydrogen-bond acceptors (Lipinski definition) is 14. The Bertz CT molecular complexity index is 2350. The van der Waals surface area contributed by atoms with Gasteiger partial charge in [-0.15, -0.1) is 0 Å². The van der Waals surface area contributed by atoms with Crippen molar-refractivity contribution in [1.82, 2.24) is 45.8 Å². The summed E-state index contributed by atoms with van der Waals surface area (Å²) in [7, 11) is 0. The minimum absolute atomic E-state index is 0. The van der Waals surface area contributed by atoms with E-state index >= 15 is 0 Å². The third-order valence-corrected chi connectivity index (χ3v) is 11.0. The molecule has 3 aromatic heterocycles. The molecule has 0 spiro atoms. The van der Waals surface area contributed by atoms with E-state index in [1.807, 2.05) is 62.4 Å². The molecule has 5 amide bonds. The number of benzene rings is 2. The fourth-order valence-electron chi connectivity index (χ4n) is 7.81. The highest BCUT2D eigenvalue weighted by atomic mass is 16.5. The van der Waals surface area contributed by atoms with Crippen molar-refractivity contribution in [3.05, 3.63) is 89.4 Å². The zero-order chi connectivity index (χ0) is 43.5. The van der Waals surface area contributed by atoms with Crippen molar-refractivity contribution in [3.63, 3.8) is 0 Å². The van der Waals surface area contributed by atoms with Crippen LogP contribution in [0.5, 0.6) is 0 Å². The summed E-state index contributed by atoms with van der Waals surface area (Å²) in [6, 6.07) is 14.6. The van der Waals surface area contributed by atoms with Gasteiger partial charge in [-0.3, -0.25) is 4.79 Å². The highest BCUT2D eigenvalue weighted by Gasteiger charge is 2.30. The van der Waals surface area contributed by atoms with Crippen molar-refractivity contribution < 1.29 is 28.3 Å². The predicted octanol–water partition coefficient (Wildman–Crippen LogP) is 5.35. The van der Waals surface area contributed by atoms with Crippen LogP contribution in [0, 0.1) is 0 Å². The second-order valence-electron chi connectivity index (χ2n) is 15.2. The maximum atomic E-state index is 12.9. The first-order valence-corrected chi connectivity index (χ1v) is 21.5. The molecule has 5 N–H and O–H groups in total. The average molecular weight is 892 g/mol. The largest absolute Gasteiger partial charge is 0.438 e. The Morgan fingerprint density at radius 2 is 1.17 bits per heavy atom. The molecule has 2 fully saturated rings. The van der Waals surface area contributed by atoms with Gasteiger partial charge in [-0.25, -0.2) is 34.5 Å². The first kappa shape index (κ1) is 47.8. The van der Waals surface area contributed by atoms with Crippen LogP contribution >= 0.6 is 0 Å². The van der Waals surface area contributed by atoms with E-state index in [2.05, 4.69) is 41.4 Å². The van der Waals surface area contributed by atoms with Crippen molar-refractivity contribution >= 4 is 41.0 Å². The van der Waals surface area contributed by atoms with Crippen LogP contribution in [-0.2, 0) is 35.4 Å². The first-order valence-electron chi connectivity index (χ1n) is 21.5. The molecule has 19 heteroatoms. The molecule has 0 unspecified atom stereocenters. The second kappa shape index (κ2) is 22.8. The number of morpholine rings is 2. The van der Waals surface area contributed by atoms with Crippen molar-refractivity contribution in [2.45, 2.75) is 54.6 Å².